The average molecular weight is 362 g/mol. The molecular weight excluding hydrogens is 338 g/mol. The highest BCUT2D eigenvalue weighted by Crippen LogP contribution is 2.33. The quantitative estimate of drug-likeness (QED) is 0.796. The van der Waals surface area contributed by atoms with Crippen LogP contribution in [0.4, 0.5) is 0 Å². The standard InChI is InChI=1S/C16H24ClNO2S2/c1-16(2,3)21-12-13-8-6-7-11-18(13)22(19,20)15-10-5-4-9-14(15)17/h4-5,9-10,13H,6-8,11-12H2,1-3H3. The van der Waals surface area contributed by atoms with Gasteiger partial charge in [0, 0.05) is 23.1 Å². The van der Waals surface area contributed by atoms with E-state index < -0.39 is 10.0 Å². The number of benzene rings is 1. The smallest absolute Gasteiger partial charge is 0.207 e. The van der Waals surface area contributed by atoms with E-state index in [9.17, 15) is 8.42 Å². The topological polar surface area (TPSA) is 37.4 Å². The third-order valence-electron chi connectivity index (χ3n) is 3.71. The van der Waals surface area contributed by atoms with Crippen molar-refractivity contribution in [2.24, 2.45) is 0 Å². The van der Waals surface area contributed by atoms with Gasteiger partial charge in [-0.1, -0.05) is 50.9 Å². The molecule has 0 saturated carbocycles. The van der Waals surface area contributed by atoms with E-state index in [1.165, 1.54) is 0 Å². The molecule has 2 rings (SSSR count). The lowest BCUT2D eigenvalue weighted by atomic mass is 10.1. The fraction of sp³-hybridized carbons (Fsp3) is 0.625. The van der Waals surface area contributed by atoms with Crippen molar-refractivity contribution in [3.63, 3.8) is 0 Å². The summed E-state index contributed by atoms with van der Waals surface area (Å²) >= 11 is 7.93. The second-order valence-corrected chi connectivity index (χ2v) is 10.7. The Morgan fingerprint density at radius 2 is 1.95 bits per heavy atom. The molecule has 1 heterocycles. The Balaban J connectivity index is 2.25. The molecule has 0 amide bonds. The van der Waals surface area contributed by atoms with Crippen LogP contribution in [0.15, 0.2) is 29.2 Å². The van der Waals surface area contributed by atoms with Gasteiger partial charge in [-0.05, 0) is 25.0 Å². The third-order valence-corrected chi connectivity index (χ3v) is 7.57. The first kappa shape index (κ1) is 18.1. The summed E-state index contributed by atoms with van der Waals surface area (Å²) in [6, 6.07) is 6.77. The first-order valence-electron chi connectivity index (χ1n) is 7.62. The first-order chi connectivity index (χ1) is 10.2. The molecular formula is C16H24ClNO2S2. The van der Waals surface area contributed by atoms with Crippen LogP contribution in [0.1, 0.15) is 40.0 Å². The predicted octanol–water partition coefficient (Wildman–Crippen LogP) is 4.41. The summed E-state index contributed by atoms with van der Waals surface area (Å²) in [6.07, 6.45) is 2.93. The van der Waals surface area contributed by atoms with E-state index in [4.69, 9.17) is 11.6 Å². The van der Waals surface area contributed by atoms with Crippen molar-refractivity contribution >= 4 is 33.4 Å². The van der Waals surface area contributed by atoms with Crippen LogP contribution in [-0.2, 0) is 10.0 Å². The Morgan fingerprint density at radius 3 is 2.59 bits per heavy atom. The number of nitrogens with zero attached hydrogens (tertiary/aromatic N) is 1. The Kier molecular flexibility index (Phi) is 5.86. The molecule has 0 N–H and O–H groups in total. The summed E-state index contributed by atoms with van der Waals surface area (Å²) in [6.45, 7) is 7.07. The summed E-state index contributed by atoms with van der Waals surface area (Å²) in [4.78, 5) is 0.226. The van der Waals surface area contributed by atoms with E-state index in [2.05, 4.69) is 20.8 Å². The Labute approximate surface area is 143 Å². The lowest BCUT2D eigenvalue weighted by Gasteiger charge is -2.36. The van der Waals surface area contributed by atoms with Crippen molar-refractivity contribution in [3.8, 4) is 0 Å². The molecule has 1 aliphatic heterocycles. The van der Waals surface area contributed by atoms with Gasteiger partial charge >= 0.3 is 0 Å². The second kappa shape index (κ2) is 7.12. The number of hydrogen-bond acceptors (Lipinski definition) is 3. The monoisotopic (exact) mass is 361 g/mol. The SMILES string of the molecule is CC(C)(C)SCC1CCCCN1S(=O)(=O)c1ccccc1Cl. The normalized spacial score (nSPS) is 21.0. The molecule has 0 radical (unpaired) electrons. The molecule has 1 fully saturated rings. The number of rotatable bonds is 4. The molecule has 1 atom stereocenters. The Bertz CT molecular complexity index is 611. The maximum Gasteiger partial charge on any atom is 0.244 e. The number of sulfonamides is 1. The van der Waals surface area contributed by atoms with Gasteiger partial charge in [-0.15, -0.1) is 0 Å². The zero-order valence-corrected chi connectivity index (χ0v) is 15.8. The molecule has 1 aromatic rings. The van der Waals surface area contributed by atoms with Gasteiger partial charge in [0.15, 0.2) is 0 Å². The van der Waals surface area contributed by atoms with Gasteiger partial charge in [0.2, 0.25) is 10.0 Å². The number of thioether (sulfide) groups is 1. The van der Waals surface area contributed by atoms with Gasteiger partial charge in [0.05, 0.1) is 5.02 Å². The zero-order valence-electron chi connectivity index (χ0n) is 13.4. The molecule has 0 bridgehead atoms. The average Bonchev–Trinajstić information content (AvgIpc) is 2.45. The highest BCUT2D eigenvalue weighted by atomic mass is 35.5. The molecule has 0 aliphatic carbocycles. The van der Waals surface area contributed by atoms with Crippen molar-refractivity contribution in [1.29, 1.82) is 0 Å². The summed E-state index contributed by atoms with van der Waals surface area (Å²) in [5.41, 5.74) is 0. The van der Waals surface area contributed by atoms with Gasteiger partial charge in [0.25, 0.3) is 0 Å². The zero-order chi connectivity index (χ0) is 16.4. The van der Waals surface area contributed by atoms with Crippen LogP contribution in [0.2, 0.25) is 5.02 Å². The van der Waals surface area contributed by atoms with E-state index in [1.54, 1.807) is 28.6 Å². The van der Waals surface area contributed by atoms with E-state index >= 15 is 0 Å². The molecule has 1 aromatic carbocycles. The molecule has 0 aromatic heterocycles. The van der Waals surface area contributed by atoms with Crippen LogP contribution in [0.5, 0.6) is 0 Å². The molecule has 1 unspecified atom stereocenters. The minimum Gasteiger partial charge on any atom is -0.207 e. The Morgan fingerprint density at radius 1 is 1.27 bits per heavy atom. The van der Waals surface area contributed by atoms with Crippen LogP contribution in [0.3, 0.4) is 0 Å². The minimum absolute atomic E-state index is 0.0549. The number of piperidine rings is 1. The third kappa shape index (κ3) is 4.40. The van der Waals surface area contributed by atoms with E-state index in [0.717, 1.165) is 25.0 Å². The van der Waals surface area contributed by atoms with Crippen molar-refractivity contribution < 1.29 is 8.42 Å². The predicted molar refractivity (Wildman–Crippen MR) is 95.2 cm³/mol. The molecule has 1 aliphatic rings. The molecule has 1 saturated heterocycles. The summed E-state index contributed by atoms with van der Waals surface area (Å²) in [5.74, 6) is 0.827. The van der Waals surface area contributed by atoms with E-state index in [0.29, 0.717) is 11.6 Å². The van der Waals surface area contributed by atoms with Crippen molar-refractivity contribution in [3.05, 3.63) is 29.3 Å². The van der Waals surface area contributed by atoms with E-state index in [-0.39, 0.29) is 15.7 Å². The van der Waals surface area contributed by atoms with Gasteiger partial charge < -0.3 is 0 Å². The van der Waals surface area contributed by atoms with E-state index in [1.807, 2.05) is 11.8 Å². The molecule has 0 spiro atoms. The number of hydrogen-bond donors (Lipinski definition) is 0. The maximum atomic E-state index is 13.0. The molecule has 3 nitrogen and oxygen atoms in total. The van der Waals surface area contributed by atoms with Crippen LogP contribution < -0.4 is 0 Å². The van der Waals surface area contributed by atoms with Gasteiger partial charge in [-0.25, -0.2) is 8.42 Å². The number of halogens is 1. The van der Waals surface area contributed by atoms with Crippen LogP contribution in [-0.4, -0.2) is 35.8 Å². The summed E-state index contributed by atoms with van der Waals surface area (Å²) < 4.78 is 27.7. The fourth-order valence-electron chi connectivity index (χ4n) is 2.58. The highest BCUT2D eigenvalue weighted by molar-refractivity contribution is 8.00. The maximum absolute atomic E-state index is 13.0. The van der Waals surface area contributed by atoms with Crippen molar-refractivity contribution in [2.75, 3.05) is 12.3 Å². The largest absolute Gasteiger partial charge is 0.244 e. The van der Waals surface area contributed by atoms with Crippen LogP contribution in [0.25, 0.3) is 0 Å². The Hall–Kier alpha value is -0.230. The van der Waals surface area contributed by atoms with Crippen LogP contribution in [0, 0.1) is 0 Å². The summed E-state index contributed by atoms with van der Waals surface area (Å²) in [7, 11) is -3.52. The lowest BCUT2D eigenvalue weighted by Crippen LogP contribution is -2.45. The van der Waals surface area contributed by atoms with Gasteiger partial charge in [0.1, 0.15) is 4.90 Å². The molecule has 124 valence electrons. The van der Waals surface area contributed by atoms with Crippen LogP contribution >= 0.6 is 23.4 Å². The minimum atomic E-state index is -3.52. The first-order valence-corrected chi connectivity index (χ1v) is 10.4. The second-order valence-electron chi connectivity index (χ2n) is 6.62. The molecule has 6 heteroatoms. The van der Waals surface area contributed by atoms with Crippen molar-refractivity contribution in [2.45, 2.75) is 55.7 Å². The lowest BCUT2D eigenvalue weighted by molar-refractivity contribution is 0.272. The van der Waals surface area contributed by atoms with Gasteiger partial charge in [-0.3, -0.25) is 0 Å². The van der Waals surface area contributed by atoms with Gasteiger partial charge in [-0.2, -0.15) is 16.1 Å². The highest BCUT2D eigenvalue weighted by Gasteiger charge is 2.35. The van der Waals surface area contributed by atoms with Crippen molar-refractivity contribution in [1.82, 2.24) is 4.31 Å². The summed E-state index contributed by atoms with van der Waals surface area (Å²) in [5, 5.41) is 0.301. The fourth-order valence-corrected chi connectivity index (χ4v) is 5.90. The molecule has 22 heavy (non-hydrogen) atoms.